The summed E-state index contributed by atoms with van der Waals surface area (Å²) in [7, 11) is 0. The number of ether oxygens (including phenoxy) is 2. The van der Waals surface area contributed by atoms with Gasteiger partial charge in [0.05, 0.1) is 6.61 Å². The van der Waals surface area contributed by atoms with Crippen LogP contribution < -0.4 is 4.74 Å². The Morgan fingerprint density at radius 3 is 2.96 bits per heavy atom. The first-order valence-corrected chi connectivity index (χ1v) is 8.10. The molecule has 1 aliphatic heterocycles. The zero-order valence-electron chi connectivity index (χ0n) is 14.1. The van der Waals surface area contributed by atoms with E-state index in [0.717, 1.165) is 25.8 Å². The lowest BCUT2D eigenvalue weighted by atomic mass is 9.95. The summed E-state index contributed by atoms with van der Waals surface area (Å²) in [5, 5.41) is 9.61. The summed E-state index contributed by atoms with van der Waals surface area (Å²) < 4.78 is 10.9. The molecule has 0 saturated carbocycles. The fraction of sp³-hybridized carbons (Fsp3) is 0.647. The van der Waals surface area contributed by atoms with Crippen LogP contribution in [-0.4, -0.2) is 46.4 Å². The van der Waals surface area contributed by atoms with E-state index in [1.165, 1.54) is 0 Å². The van der Waals surface area contributed by atoms with E-state index >= 15 is 0 Å². The van der Waals surface area contributed by atoms with Gasteiger partial charge in [0, 0.05) is 19.3 Å². The molecule has 0 spiro atoms. The Balaban J connectivity index is 1.78. The molecule has 0 aliphatic carbocycles. The summed E-state index contributed by atoms with van der Waals surface area (Å²) in [6.45, 7) is 7.52. The molecule has 1 aromatic rings. The van der Waals surface area contributed by atoms with Crippen LogP contribution in [0.2, 0.25) is 0 Å². The number of carbonyl (C=O) groups excluding carboxylic acids is 1. The van der Waals surface area contributed by atoms with Gasteiger partial charge in [0.1, 0.15) is 5.60 Å². The SMILES string of the molecule is CC(C)(C)OC(=O)N1CCCC(CCOc2ncccc2O)C1. The van der Waals surface area contributed by atoms with E-state index in [2.05, 4.69) is 4.98 Å². The molecule has 1 aromatic heterocycles. The number of carbonyl (C=O) groups is 1. The van der Waals surface area contributed by atoms with Gasteiger partial charge in [0.2, 0.25) is 0 Å². The number of hydrogen-bond donors (Lipinski definition) is 1. The Bertz CT molecular complexity index is 528. The van der Waals surface area contributed by atoms with E-state index in [-0.39, 0.29) is 17.7 Å². The lowest BCUT2D eigenvalue weighted by Gasteiger charge is -2.34. The van der Waals surface area contributed by atoms with Gasteiger partial charge in [-0.15, -0.1) is 0 Å². The van der Waals surface area contributed by atoms with Crippen molar-refractivity contribution in [2.75, 3.05) is 19.7 Å². The van der Waals surface area contributed by atoms with Crippen LogP contribution in [0, 0.1) is 5.92 Å². The van der Waals surface area contributed by atoms with E-state index < -0.39 is 5.60 Å². The molecule has 1 atom stereocenters. The maximum atomic E-state index is 12.1. The van der Waals surface area contributed by atoms with Crippen molar-refractivity contribution < 1.29 is 19.4 Å². The Morgan fingerprint density at radius 2 is 2.26 bits per heavy atom. The number of hydrogen-bond acceptors (Lipinski definition) is 5. The lowest BCUT2D eigenvalue weighted by molar-refractivity contribution is 0.0154. The lowest BCUT2D eigenvalue weighted by Crippen LogP contribution is -2.43. The van der Waals surface area contributed by atoms with Crippen molar-refractivity contribution in [3.63, 3.8) is 0 Å². The Kier molecular flexibility index (Phi) is 5.69. The second kappa shape index (κ2) is 7.53. The van der Waals surface area contributed by atoms with Gasteiger partial charge < -0.3 is 19.5 Å². The molecular formula is C17H26N2O4. The van der Waals surface area contributed by atoms with E-state index in [9.17, 15) is 9.90 Å². The fourth-order valence-electron chi connectivity index (χ4n) is 2.61. The van der Waals surface area contributed by atoms with Gasteiger partial charge >= 0.3 is 6.09 Å². The molecular weight excluding hydrogens is 296 g/mol. The number of rotatable bonds is 4. The zero-order chi connectivity index (χ0) is 16.9. The van der Waals surface area contributed by atoms with Crippen molar-refractivity contribution >= 4 is 6.09 Å². The van der Waals surface area contributed by atoms with Crippen LogP contribution in [0.25, 0.3) is 0 Å². The minimum atomic E-state index is -0.469. The van der Waals surface area contributed by atoms with Gasteiger partial charge in [-0.25, -0.2) is 9.78 Å². The van der Waals surface area contributed by atoms with Crippen LogP contribution in [0.15, 0.2) is 18.3 Å². The minimum absolute atomic E-state index is 0.0477. The highest BCUT2D eigenvalue weighted by Crippen LogP contribution is 2.24. The van der Waals surface area contributed by atoms with Gasteiger partial charge in [-0.05, 0) is 58.1 Å². The van der Waals surface area contributed by atoms with Crippen LogP contribution in [-0.2, 0) is 4.74 Å². The fourth-order valence-corrected chi connectivity index (χ4v) is 2.61. The molecule has 1 aliphatic rings. The van der Waals surface area contributed by atoms with E-state index in [4.69, 9.17) is 9.47 Å². The first-order valence-electron chi connectivity index (χ1n) is 8.10. The summed E-state index contributed by atoms with van der Waals surface area (Å²) in [6, 6.07) is 3.20. The number of pyridine rings is 1. The summed E-state index contributed by atoms with van der Waals surface area (Å²) in [5.74, 6) is 0.681. The second-order valence-corrected chi connectivity index (χ2v) is 6.90. The third kappa shape index (κ3) is 5.62. The largest absolute Gasteiger partial charge is 0.503 e. The predicted octanol–water partition coefficient (Wildman–Crippen LogP) is 3.20. The molecule has 1 amide bonds. The number of nitrogens with zero attached hydrogens (tertiary/aromatic N) is 2. The quantitative estimate of drug-likeness (QED) is 0.921. The highest BCUT2D eigenvalue weighted by Gasteiger charge is 2.27. The van der Waals surface area contributed by atoms with Gasteiger partial charge in [0.25, 0.3) is 5.88 Å². The summed E-state index contributed by atoms with van der Waals surface area (Å²) in [6.07, 6.45) is 4.19. The highest BCUT2D eigenvalue weighted by molar-refractivity contribution is 5.68. The van der Waals surface area contributed by atoms with Crippen LogP contribution in [0.5, 0.6) is 11.6 Å². The van der Waals surface area contributed by atoms with Gasteiger partial charge in [0.15, 0.2) is 5.75 Å². The minimum Gasteiger partial charge on any atom is -0.503 e. The highest BCUT2D eigenvalue weighted by atomic mass is 16.6. The number of piperidine rings is 1. The molecule has 0 radical (unpaired) electrons. The molecule has 0 bridgehead atoms. The number of amides is 1. The third-order valence-corrected chi connectivity index (χ3v) is 3.69. The smallest absolute Gasteiger partial charge is 0.410 e. The zero-order valence-corrected chi connectivity index (χ0v) is 14.1. The van der Waals surface area contributed by atoms with Gasteiger partial charge in [-0.2, -0.15) is 0 Å². The predicted molar refractivity (Wildman–Crippen MR) is 86.5 cm³/mol. The average Bonchev–Trinajstić information content (AvgIpc) is 2.48. The molecule has 128 valence electrons. The topological polar surface area (TPSA) is 71.9 Å². The summed E-state index contributed by atoms with van der Waals surface area (Å²) in [4.78, 5) is 17.9. The van der Waals surface area contributed by atoms with Gasteiger partial charge in [-0.3, -0.25) is 0 Å². The van der Waals surface area contributed by atoms with Crippen LogP contribution in [0.1, 0.15) is 40.0 Å². The average molecular weight is 322 g/mol. The number of aromatic nitrogens is 1. The van der Waals surface area contributed by atoms with Gasteiger partial charge in [-0.1, -0.05) is 0 Å². The van der Waals surface area contributed by atoms with Crippen LogP contribution in [0.3, 0.4) is 0 Å². The molecule has 0 aromatic carbocycles. The molecule has 6 heteroatoms. The van der Waals surface area contributed by atoms with Crippen molar-refractivity contribution in [2.45, 2.75) is 45.6 Å². The molecule has 1 fully saturated rings. The van der Waals surface area contributed by atoms with E-state index in [1.54, 1.807) is 23.2 Å². The van der Waals surface area contributed by atoms with Crippen molar-refractivity contribution in [1.82, 2.24) is 9.88 Å². The molecule has 1 unspecified atom stereocenters. The maximum absolute atomic E-state index is 12.1. The molecule has 2 rings (SSSR count). The number of aromatic hydroxyl groups is 1. The Labute approximate surface area is 137 Å². The first-order chi connectivity index (χ1) is 10.8. The van der Waals surface area contributed by atoms with Crippen molar-refractivity contribution in [3.8, 4) is 11.6 Å². The monoisotopic (exact) mass is 322 g/mol. The first kappa shape index (κ1) is 17.4. The third-order valence-electron chi connectivity index (χ3n) is 3.69. The van der Waals surface area contributed by atoms with E-state index in [1.807, 2.05) is 20.8 Å². The van der Waals surface area contributed by atoms with Crippen molar-refractivity contribution in [2.24, 2.45) is 5.92 Å². The molecule has 23 heavy (non-hydrogen) atoms. The normalized spacial score (nSPS) is 18.6. The molecule has 6 nitrogen and oxygen atoms in total. The van der Waals surface area contributed by atoms with Crippen LogP contribution in [0.4, 0.5) is 4.79 Å². The maximum Gasteiger partial charge on any atom is 0.410 e. The number of likely N-dealkylation sites (tertiary alicyclic amines) is 1. The molecule has 1 N–H and O–H groups in total. The van der Waals surface area contributed by atoms with Crippen molar-refractivity contribution in [3.05, 3.63) is 18.3 Å². The second-order valence-electron chi connectivity index (χ2n) is 6.90. The van der Waals surface area contributed by atoms with Crippen molar-refractivity contribution in [1.29, 1.82) is 0 Å². The summed E-state index contributed by atoms with van der Waals surface area (Å²) in [5.41, 5.74) is -0.469. The summed E-state index contributed by atoms with van der Waals surface area (Å²) >= 11 is 0. The molecule has 1 saturated heterocycles. The van der Waals surface area contributed by atoms with E-state index in [0.29, 0.717) is 19.1 Å². The Hall–Kier alpha value is -1.98. The van der Waals surface area contributed by atoms with Crippen LogP contribution >= 0.6 is 0 Å². The standard InChI is InChI=1S/C17H26N2O4/c1-17(2,3)23-16(21)19-10-5-6-13(12-19)8-11-22-15-14(20)7-4-9-18-15/h4,7,9,13,20H,5-6,8,10-12H2,1-3H3. The Morgan fingerprint density at radius 1 is 1.48 bits per heavy atom. The molecule has 2 heterocycles.